The van der Waals surface area contributed by atoms with Crippen LogP contribution >= 0.6 is 0 Å². The zero-order valence-electron chi connectivity index (χ0n) is 17.0. The SMILES string of the molecule is CCCn1c(=O)n(CCC(=O)Nc2cccc(C(=O)N(C)C)c2)c2ccccc21. The van der Waals surface area contributed by atoms with Gasteiger partial charge in [-0.1, -0.05) is 25.1 Å². The lowest BCUT2D eigenvalue weighted by Gasteiger charge is -2.12. The predicted octanol–water partition coefficient (Wildman–Crippen LogP) is 2.94. The van der Waals surface area contributed by atoms with Crippen LogP contribution in [-0.2, 0) is 17.9 Å². The third-order valence-electron chi connectivity index (χ3n) is 4.73. The van der Waals surface area contributed by atoms with Crippen molar-refractivity contribution in [3.05, 3.63) is 64.6 Å². The molecule has 2 aromatic carbocycles. The van der Waals surface area contributed by atoms with Gasteiger partial charge in [0.2, 0.25) is 5.91 Å². The number of anilines is 1. The van der Waals surface area contributed by atoms with Gasteiger partial charge in [-0.05, 0) is 36.8 Å². The number of imidazole rings is 1. The Kier molecular flexibility index (Phi) is 6.16. The van der Waals surface area contributed by atoms with Gasteiger partial charge in [0.25, 0.3) is 5.91 Å². The van der Waals surface area contributed by atoms with Crippen molar-refractivity contribution in [1.82, 2.24) is 14.0 Å². The molecule has 2 amide bonds. The highest BCUT2D eigenvalue weighted by Crippen LogP contribution is 2.15. The Morgan fingerprint density at radius 3 is 2.24 bits per heavy atom. The van der Waals surface area contributed by atoms with E-state index in [-0.39, 0.29) is 30.5 Å². The van der Waals surface area contributed by atoms with Crippen molar-refractivity contribution in [3.8, 4) is 0 Å². The summed E-state index contributed by atoms with van der Waals surface area (Å²) in [6, 6.07) is 14.5. The van der Waals surface area contributed by atoms with Crippen molar-refractivity contribution >= 4 is 28.5 Å². The van der Waals surface area contributed by atoms with E-state index in [1.165, 1.54) is 4.90 Å². The number of benzene rings is 2. The van der Waals surface area contributed by atoms with E-state index in [1.807, 2.05) is 31.2 Å². The number of amides is 2. The normalized spacial score (nSPS) is 10.9. The molecule has 0 radical (unpaired) electrons. The highest BCUT2D eigenvalue weighted by atomic mass is 16.2. The molecule has 7 heteroatoms. The molecule has 1 N–H and O–H groups in total. The van der Waals surface area contributed by atoms with Gasteiger partial charge >= 0.3 is 5.69 Å². The number of carbonyl (C=O) groups is 2. The molecule has 0 saturated carbocycles. The number of rotatable bonds is 7. The average Bonchev–Trinajstić information content (AvgIpc) is 2.97. The lowest BCUT2D eigenvalue weighted by atomic mass is 10.2. The quantitative estimate of drug-likeness (QED) is 0.669. The second-order valence-electron chi connectivity index (χ2n) is 7.15. The van der Waals surface area contributed by atoms with E-state index in [1.54, 1.807) is 47.5 Å². The van der Waals surface area contributed by atoms with Crippen molar-refractivity contribution in [2.24, 2.45) is 0 Å². The lowest BCUT2D eigenvalue weighted by molar-refractivity contribution is -0.116. The molecule has 0 atom stereocenters. The highest BCUT2D eigenvalue weighted by Gasteiger charge is 2.14. The van der Waals surface area contributed by atoms with Crippen LogP contribution in [0.1, 0.15) is 30.1 Å². The van der Waals surface area contributed by atoms with Gasteiger partial charge < -0.3 is 10.2 Å². The smallest absolute Gasteiger partial charge is 0.329 e. The Bertz CT molecular complexity index is 1090. The van der Waals surface area contributed by atoms with Crippen LogP contribution in [0.15, 0.2) is 53.3 Å². The monoisotopic (exact) mass is 394 g/mol. The summed E-state index contributed by atoms with van der Waals surface area (Å²) in [6.07, 6.45) is 1.02. The molecule has 0 aliphatic heterocycles. The Labute approximate surface area is 169 Å². The van der Waals surface area contributed by atoms with Crippen LogP contribution in [0.5, 0.6) is 0 Å². The average molecular weight is 394 g/mol. The largest absolute Gasteiger partial charge is 0.345 e. The van der Waals surface area contributed by atoms with E-state index in [0.29, 0.717) is 17.8 Å². The van der Waals surface area contributed by atoms with Crippen LogP contribution in [-0.4, -0.2) is 39.9 Å². The second-order valence-corrected chi connectivity index (χ2v) is 7.15. The topological polar surface area (TPSA) is 76.3 Å². The molecule has 0 saturated heterocycles. The summed E-state index contributed by atoms with van der Waals surface area (Å²) in [5.41, 5.74) is 2.68. The Hall–Kier alpha value is -3.35. The standard InChI is InChI=1S/C22H26N4O3/c1-4-13-25-18-10-5-6-11-19(18)26(22(25)29)14-12-20(27)23-17-9-7-8-16(15-17)21(28)24(2)3/h5-11,15H,4,12-14H2,1-3H3,(H,23,27). The Morgan fingerprint density at radius 2 is 1.62 bits per heavy atom. The molecule has 0 fully saturated rings. The van der Waals surface area contributed by atoms with Crippen molar-refractivity contribution < 1.29 is 9.59 Å². The number of hydrogen-bond acceptors (Lipinski definition) is 3. The third kappa shape index (κ3) is 4.39. The molecule has 29 heavy (non-hydrogen) atoms. The molecule has 152 valence electrons. The van der Waals surface area contributed by atoms with Crippen molar-refractivity contribution in [2.45, 2.75) is 32.9 Å². The maximum atomic E-state index is 12.8. The maximum Gasteiger partial charge on any atom is 0.329 e. The van der Waals surface area contributed by atoms with Gasteiger partial charge in [0, 0.05) is 44.9 Å². The number of hydrogen-bond donors (Lipinski definition) is 1. The van der Waals surface area contributed by atoms with Crippen molar-refractivity contribution in [3.63, 3.8) is 0 Å². The number of nitrogens with one attached hydrogen (secondary N) is 1. The van der Waals surface area contributed by atoms with Crippen LogP contribution < -0.4 is 11.0 Å². The molecule has 0 bridgehead atoms. The van der Waals surface area contributed by atoms with Crippen LogP contribution in [0.3, 0.4) is 0 Å². The molecule has 7 nitrogen and oxygen atoms in total. The minimum Gasteiger partial charge on any atom is -0.345 e. The van der Waals surface area contributed by atoms with E-state index in [4.69, 9.17) is 0 Å². The van der Waals surface area contributed by atoms with Gasteiger partial charge in [0.15, 0.2) is 0 Å². The fraction of sp³-hybridized carbons (Fsp3) is 0.318. The lowest BCUT2D eigenvalue weighted by Crippen LogP contribution is -2.26. The molecule has 0 aliphatic rings. The van der Waals surface area contributed by atoms with E-state index in [0.717, 1.165) is 17.5 Å². The van der Waals surface area contributed by atoms with E-state index >= 15 is 0 Å². The second kappa shape index (κ2) is 8.77. The van der Waals surface area contributed by atoms with Crippen LogP contribution in [0, 0.1) is 0 Å². The summed E-state index contributed by atoms with van der Waals surface area (Å²) < 4.78 is 3.40. The maximum absolute atomic E-state index is 12.8. The van der Waals surface area contributed by atoms with Crippen LogP contribution in [0.25, 0.3) is 11.0 Å². The number of carbonyl (C=O) groups excluding carboxylic acids is 2. The zero-order valence-corrected chi connectivity index (χ0v) is 17.0. The first-order valence-electron chi connectivity index (χ1n) is 9.72. The van der Waals surface area contributed by atoms with Crippen LogP contribution in [0.2, 0.25) is 0 Å². The molecule has 3 aromatic rings. The van der Waals surface area contributed by atoms with Gasteiger partial charge in [-0.2, -0.15) is 0 Å². The summed E-state index contributed by atoms with van der Waals surface area (Å²) in [7, 11) is 3.36. The Morgan fingerprint density at radius 1 is 0.966 bits per heavy atom. The third-order valence-corrected chi connectivity index (χ3v) is 4.73. The first kappa shape index (κ1) is 20.4. The fourth-order valence-electron chi connectivity index (χ4n) is 3.35. The number of aromatic nitrogens is 2. The summed E-state index contributed by atoms with van der Waals surface area (Å²) in [5, 5.41) is 2.81. The molecular weight excluding hydrogens is 368 g/mol. The molecule has 1 heterocycles. The number of nitrogens with zero attached hydrogens (tertiary/aromatic N) is 3. The summed E-state index contributed by atoms with van der Waals surface area (Å²) in [4.78, 5) is 38.8. The number of aryl methyl sites for hydroxylation is 2. The minimum atomic E-state index is -0.210. The van der Waals surface area contributed by atoms with Gasteiger partial charge in [0.1, 0.15) is 0 Å². The molecule has 3 rings (SSSR count). The number of fused-ring (bicyclic) bond motifs is 1. The van der Waals surface area contributed by atoms with E-state index in [2.05, 4.69) is 5.32 Å². The molecular formula is C22H26N4O3. The highest BCUT2D eigenvalue weighted by molar-refractivity contribution is 5.97. The summed E-state index contributed by atoms with van der Waals surface area (Å²) >= 11 is 0. The van der Waals surface area contributed by atoms with Crippen molar-refractivity contribution in [2.75, 3.05) is 19.4 Å². The van der Waals surface area contributed by atoms with E-state index < -0.39 is 0 Å². The Balaban J connectivity index is 1.74. The van der Waals surface area contributed by atoms with Gasteiger partial charge in [-0.15, -0.1) is 0 Å². The van der Waals surface area contributed by atoms with E-state index in [9.17, 15) is 14.4 Å². The summed E-state index contributed by atoms with van der Waals surface area (Å²) in [6.45, 7) is 2.96. The number of para-hydroxylation sites is 2. The van der Waals surface area contributed by atoms with Gasteiger partial charge in [0.05, 0.1) is 11.0 Å². The summed E-state index contributed by atoms with van der Waals surface area (Å²) in [5.74, 6) is -0.338. The zero-order chi connectivity index (χ0) is 21.0. The minimum absolute atomic E-state index is 0.0978. The predicted molar refractivity (Wildman–Crippen MR) is 114 cm³/mol. The van der Waals surface area contributed by atoms with Crippen LogP contribution in [0.4, 0.5) is 5.69 Å². The van der Waals surface area contributed by atoms with Gasteiger partial charge in [-0.25, -0.2) is 4.79 Å². The molecule has 0 unspecified atom stereocenters. The van der Waals surface area contributed by atoms with Crippen molar-refractivity contribution in [1.29, 1.82) is 0 Å². The molecule has 0 spiro atoms. The first-order chi connectivity index (χ1) is 13.9. The first-order valence-corrected chi connectivity index (χ1v) is 9.72. The molecule has 0 aliphatic carbocycles. The molecule has 1 aromatic heterocycles. The fourth-order valence-corrected chi connectivity index (χ4v) is 3.35. The van der Waals surface area contributed by atoms with Gasteiger partial charge in [-0.3, -0.25) is 18.7 Å².